The standard InChI is InChI=1S/C30H31Cl2N3O/c31-26-18-27(32)20-28(19-26)34-30(36)35(16-15-22-7-4-2-1-3-5-8-22)29-13-11-24(12-14-29)25-10-6-9-23(17-25)21-33/h6,9-14,17-20,22H,1-5,7-8,15-16H2,(H,34,36). The Labute approximate surface area is 223 Å². The lowest BCUT2D eigenvalue weighted by molar-refractivity contribution is 0.256. The number of benzene rings is 3. The molecule has 36 heavy (non-hydrogen) atoms. The van der Waals surface area contributed by atoms with Gasteiger partial charge in [0.25, 0.3) is 0 Å². The number of amides is 2. The molecule has 0 aromatic heterocycles. The molecule has 4 rings (SSSR count). The van der Waals surface area contributed by atoms with Crippen molar-refractivity contribution >= 4 is 40.6 Å². The van der Waals surface area contributed by atoms with Gasteiger partial charge in [-0.15, -0.1) is 0 Å². The minimum absolute atomic E-state index is 0.210. The number of halogens is 2. The fourth-order valence-corrected chi connectivity index (χ4v) is 5.43. The van der Waals surface area contributed by atoms with Gasteiger partial charge >= 0.3 is 6.03 Å². The number of rotatable bonds is 6. The zero-order valence-electron chi connectivity index (χ0n) is 20.4. The normalized spacial score (nSPS) is 14.4. The first kappa shape index (κ1) is 26.1. The molecule has 186 valence electrons. The van der Waals surface area contributed by atoms with Gasteiger partial charge in [-0.3, -0.25) is 4.90 Å². The summed E-state index contributed by atoms with van der Waals surface area (Å²) in [5, 5.41) is 13.1. The quantitative estimate of drug-likeness (QED) is 0.352. The van der Waals surface area contributed by atoms with Gasteiger partial charge in [-0.2, -0.15) is 5.26 Å². The topological polar surface area (TPSA) is 56.1 Å². The zero-order chi connectivity index (χ0) is 25.3. The largest absolute Gasteiger partial charge is 0.326 e. The lowest BCUT2D eigenvalue weighted by Gasteiger charge is -2.27. The van der Waals surface area contributed by atoms with E-state index in [9.17, 15) is 10.1 Å². The molecule has 4 nitrogen and oxygen atoms in total. The Morgan fingerprint density at radius 3 is 2.22 bits per heavy atom. The monoisotopic (exact) mass is 519 g/mol. The molecule has 0 unspecified atom stereocenters. The lowest BCUT2D eigenvalue weighted by Crippen LogP contribution is -2.36. The van der Waals surface area contributed by atoms with Crippen LogP contribution >= 0.6 is 23.2 Å². The van der Waals surface area contributed by atoms with Crippen molar-refractivity contribution in [3.05, 3.63) is 82.3 Å². The van der Waals surface area contributed by atoms with Crippen molar-refractivity contribution < 1.29 is 4.79 Å². The van der Waals surface area contributed by atoms with Gasteiger partial charge in [-0.05, 0) is 65.9 Å². The first-order valence-electron chi connectivity index (χ1n) is 12.7. The van der Waals surface area contributed by atoms with Crippen LogP contribution in [0.15, 0.2) is 66.7 Å². The summed E-state index contributed by atoms with van der Waals surface area (Å²) in [6.45, 7) is 0.633. The third kappa shape index (κ3) is 7.26. The number of nitrogens with one attached hydrogen (secondary N) is 1. The third-order valence-corrected chi connectivity index (χ3v) is 7.29. The molecule has 0 radical (unpaired) electrons. The SMILES string of the molecule is N#Cc1cccc(-c2ccc(N(CCC3CCCCCCC3)C(=O)Nc3cc(Cl)cc(Cl)c3)cc2)c1. The minimum Gasteiger partial charge on any atom is -0.307 e. The second-order valence-corrected chi connectivity index (χ2v) is 10.4. The smallest absolute Gasteiger partial charge is 0.307 e. The molecule has 3 aromatic carbocycles. The highest BCUT2D eigenvalue weighted by atomic mass is 35.5. The number of nitrogens with zero attached hydrogens (tertiary/aromatic N) is 2. The van der Waals surface area contributed by atoms with Gasteiger partial charge in [0, 0.05) is 28.0 Å². The van der Waals surface area contributed by atoms with Crippen LogP contribution in [0.1, 0.15) is 56.9 Å². The molecular weight excluding hydrogens is 489 g/mol. The minimum atomic E-state index is -0.210. The predicted octanol–water partition coefficient (Wildman–Crippen LogP) is 9.32. The fraction of sp³-hybridized carbons (Fsp3) is 0.333. The van der Waals surface area contributed by atoms with Crippen molar-refractivity contribution in [3.8, 4) is 17.2 Å². The van der Waals surface area contributed by atoms with Crippen LogP contribution in [0.3, 0.4) is 0 Å². The van der Waals surface area contributed by atoms with Crippen LogP contribution < -0.4 is 10.2 Å². The molecule has 0 bridgehead atoms. The summed E-state index contributed by atoms with van der Waals surface area (Å²) in [6, 6.07) is 22.5. The van der Waals surface area contributed by atoms with E-state index in [2.05, 4.69) is 11.4 Å². The number of nitriles is 1. The molecule has 1 aliphatic rings. The Morgan fingerprint density at radius 2 is 1.56 bits per heavy atom. The summed E-state index contributed by atoms with van der Waals surface area (Å²) in [7, 11) is 0. The fourth-order valence-electron chi connectivity index (χ4n) is 4.91. The van der Waals surface area contributed by atoms with Gasteiger partial charge in [0.1, 0.15) is 0 Å². The Morgan fingerprint density at radius 1 is 0.889 bits per heavy atom. The molecule has 1 aliphatic carbocycles. The van der Waals surface area contributed by atoms with Gasteiger partial charge in [-0.1, -0.05) is 92.4 Å². The van der Waals surface area contributed by atoms with Crippen molar-refractivity contribution in [2.75, 3.05) is 16.8 Å². The number of carbonyl (C=O) groups is 1. The summed E-state index contributed by atoms with van der Waals surface area (Å²) in [6.07, 6.45) is 9.93. The summed E-state index contributed by atoms with van der Waals surface area (Å²) in [5.74, 6) is 0.634. The van der Waals surface area contributed by atoms with E-state index in [0.717, 1.165) is 23.2 Å². The molecule has 6 heteroatoms. The molecule has 2 amide bonds. The van der Waals surface area contributed by atoms with Gasteiger partial charge < -0.3 is 5.32 Å². The summed E-state index contributed by atoms with van der Waals surface area (Å²) >= 11 is 12.3. The van der Waals surface area contributed by atoms with Crippen LogP contribution in [0.2, 0.25) is 10.0 Å². The molecular formula is C30H31Cl2N3O. The van der Waals surface area contributed by atoms with Crippen LogP contribution in [-0.4, -0.2) is 12.6 Å². The maximum absolute atomic E-state index is 13.5. The molecule has 1 fully saturated rings. The second kappa shape index (κ2) is 12.8. The Bertz CT molecular complexity index is 1190. The number of hydrogen-bond donors (Lipinski definition) is 1. The van der Waals surface area contributed by atoms with Crippen molar-refractivity contribution in [3.63, 3.8) is 0 Å². The van der Waals surface area contributed by atoms with E-state index in [1.165, 1.54) is 44.9 Å². The van der Waals surface area contributed by atoms with Gasteiger partial charge in [-0.25, -0.2) is 4.79 Å². The molecule has 0 heterocycles. The highest BCUT2D eigenvalue weighted by Gasteiger charge is 2.20. The first-order chi connectivity index (χ1) is 17.5. The number of urea groups is 1. The van der Waals surface area contributed by atoms with Crippen molar-refractivity contribution in [2.24, 2.45) is 5.92 Å². The average Bonchev–Trinajstić information content (AvgIpc) is 2.85. The van der Waals surface area contributed by atoms with Crippen molar-refractivity contribution in [1.82, 2.24) is 0 Å². The van der Waals surface area contributed by atoms with Crippen LogP contribution in [0.25, 0.3) is 11.1 Å². The second-order valence-electron chi connectivity index (χ2n) is 9.48. The number of anilines is 2. The average molecular weight is 521 g/mol. The van der Waals surface area contributed by atoms with Crippen molar-refractivity contribution in [1.29, 1.82) is 5.26 Å². The van der Waals surface area contributed by atoms with Crippen molar-refractivity contribution in [2.45, 2.75) is 51.4 Å². The van der Waals surface area contributed by atoms with Gasteiger partial charge in [0.15, 0.2) is 0 Å². The molecule has 1 N–H and O–H groups in total. The Kier molecular flexibility index (Phi) is 9.28. The van der Waals surface area contributed by atoms with E-state index in [1.54, 1.807) is 24.3 Å². The number of carbonyl (C=O) groups excluding carboxylic acids is 1. The van der Waals surface area contributed by atoms with E-state index >= 15 is 0 Å². The van der Waals surface area contributed by atoms with Gasteiger partial charge in [0.05, 0.1) is 11.6 Å². The molecule has 3 aromatic rings. The highest BCUT2D eigenvalue weighted by molar-refractivity contribution is 6.35. The maximum Gasteiger partial charge on any atom is 0.326 e. The maximum atomic E-state index is 13.5. The third-order valence-electron chi connectivity index (χ3n) is 6.85. The predicted molar refractivity (Wildman–Crippen MR) is 150 cm³/mol. The Hall–Kier alpha value is -3.00. The molecule has 1 saturated carbocycles. The summed E-state index contributed by atoms with van der Waals surface area (Å²) < 4.78 is 0. The Balaban J connectivity index is 1.55. The summed E-state index contributed by atoms with van der Waals surface area (Å²) in [4.78, 5) is 15.3. The van der Waals surface area contributed by atoms with E-state index in [4.69, 9.17) is 23.2 Å². The first-order valence-corrected chi connectivity index (χ1v) is 13.4. The van der Waals surface area contributed by atoms with E-state index in [1.807, 2.05) is 47.4 Å². The molecule has 0 atom stereocenters. The van der Waals surface area contributed by atoms with E-state index < -0.39 is 0 Å². The van der Waals surface area contributed by atoms with E-state index in [-0.39, 0.29) is 6.03 Å². The van der Waals surface area contributed by atoms with E-state index in [0.29, 0.717) is 33.8 Å². The molecule has 0 saturated heterocycles. The number of hydrogen-bond acceptors (Lipinski definition) is 2. The highest BCUT2D eigenvalue weighted by Crippen LogP contribution is 2.29. The van der Waals surface area contributed by atoms with Crippen LogP contribution in [0.4, 0.5) is 16.2 Å². The van der Waals surface area contributed by atoms with Crippen LogP contribution in [-0.2, 0) is 0 Å². The zero-order valence-corrected chi connectivity index (χ0v) is 21.9. The van der Waals surface area contributed by atoms with Crippen LogP contribution in [0.5, 0.6) is 0 Å². The molecule has 0 spiro atoms. The van der Waals surface area contributed by atoms with Crippen LogP contribution in [0, 0.1) is 17.2 Å². The lowest BCUT2D eigenvalue weighted by atomic mass is 9.89. The van der Waals surface area contributed by atoms with Gasteiger partial charge in [0.2, 0.25) is 0 Å². The summed E-state index contributed by atoms with van der Waals surface area (Å²) in [5.41, 5.74) is 3.99. The molecule has 0 aliphatic heterocycles.